The summed E-state index contributed by atoms with van der Waals surface area (Å²) in [5, 5.41) is 5.41. The molecule has 0 bridgehead atoms. The maximum Gasteiger partial charge on any atom is -0.00465 e. The van der Waals surface area contributed by atoms with Gasteiger partial charge in [0.2, 0.25) is 0 Å². The minimum Gasteiger partial charge on any atom is -0.320 e. The van der Waals surface area contributed by atoms with Crippen LogP contribution in [0.25, 0.3) is 0 Å². The van der Waals surface area contributed by atoms with Gasteiger partial charge >= 0.3 is 0 Å². The molecule has 22 heavy (non-hydrogen) atoms. The highest BCUT2D eigenvalue weighted by atomic mass is 32.1. The third kappa shape index (κ3) is 2.60. The van der Waals surface area contributed by atoms with Crippen LogP contribution in [0.3, 0.4) is 0 Å². The molecule has 6 unspecified atom stereocenters. The summed E-state index contributed by atoms with van der Waals surface area (Å²) in [6.07, 6.45) is 14.5. The third-order valence-corrected chi connectivity index (χ3v) is 7.88. The normalized spacial score (nSPS) is 47.0. The first-order chi connectivity index (χ1) is 10.5. The van der Waals surface area contributed by atoms with Crippen LogP contribution in [0.2, 0.25) is 0 Å². The summed E-state index contributed by atoms with van der Waals surface area (Å²) in [5.41, 5.74) is 0.979. The van der Waals surface area contributed by atoms with E-state index < -0.39 is 0 Å². The van der Waals surface area contributed by atoms with Gasteiger partial charge < -0.3 is 5.32 Å². The third-order valence-electron chi connectivity index (χ3n) is 7.69. The van der Waals surface area contributed by atoms with E-state index in [0.717, 1.165) is 36.6 Å². The van der Waals surface area contributed by atoms with Crippen LogP contribution in [-0.4, -0.2) is 19.0 Å². The number of allylic oxidation sites excluding steroid dienone is 2. The molecule has 1 N–H and O–H groups in total. The van der Waals surface area contributed by atoms with E-state index >= 15 is 0 Å². The Balaban J connectivity index is 1.86. The standard InChI is InChI=1S/C20H33NS/c1-19-10-4-5-17(19)16-7-6-15(9-14-22)20(2,12-13-21-3)18(16)8-11-19/h4,10,14-18,21H,5-9,11-13H2,1-3H3. The van der Waals surface area contributed by atoms with Gasteiger partial charge in [0.25, 0.3) is 0 Å². The smallest absolute Gasteiger partial charge is 0.00465 e. The summed E-state index contributed by atoms with van der Waals surface area (Å²) in [4.78, 5) is 0. The van der Waals surface area contributed by atoms with Gasteiger partial charge in [-0.15, -0.1) is 0 Å². The van der Waals surface area contributed by atoms with E-state index in [2.05, 4.69) is 38.4 Å². The van der Waals surface area contributed by atoms with Gasteiger partial charge in [-0.3, -0.25) is 0 Å². The van der Waals surface area contributed by atoms with Crippen molar-refractivity contribution in [3.63, 3.8) is 0 Å². The molecule has 0 spiro atoms. The van der Waals surface area contributed by atoms with Gasteiger partial charge in [0, 0.05) is 0 Å². The van der Waals surface area contributed by atoms with Crippen LogP contribution in [0.5, 0.6) is 0 Å². The summed E-state index contributed by atoms with van der Waals surface area (Å²) in [6.45, 7) is 6.26. The van der Waals surface area contributed by atoms with E-state index in [9.17, 15) is 0 Å². The molecule has 124 valence electrons. The molecule has 2 saturated carbocycles. The van der Waals surface area contributed by atoms with E-state index in [1.165, 1.54) is 38.5 Å². The molecule has 0 aromatic heterocycles. The Labute approximate surface area is 142 Å². The fraction of sp³-hybridized carbons (Fsp3) is 0.850. The molecular formula is C20H33NS. The van der Waals surface area contributed by atoms with Crippen molar-refractivity contribution in [2.75, 3.05) is 13.6 Å². The van der Waals surface area contributed by atoms with Crippen molar-refractivity contribution in [2.45, 2.75) is 58.8 Å². The molecule has 2 heteroatoms. The Kier molecular flexibility index (Phi) is 4.81. The second-order valence-electron chi connectivity index (χ2n) is 8.60. The van der Waals surface area contributed by atoms with Crippen LogP contribution < -0.4 is 5.32 Å². The van der Waals surface area contributed by atoms with Gasteiger partial charge in [0.15, 0.2) is 0 Å². The zero-order chi connectivity index (χ0) is 15.8. The summed E-state index contributed by atoms with van der Waals surface area (Å²) >= 11 is 5.24. The Morgan fingerprint density at radius 2 is 2.05 bits per heavy atom. The first kappa shape index (κ1) is 16.6. The fourth-order valence-electron chi connectivity index (χ4n) is 6.30. The molecule has 2 fully saturated rings. The molecule has 0 amide bonds. The molecule has 0 aromatic carbocycles. The SMILES string of the molecule is CNCCC1(C)C(CC=S)CCC2C3CC=CC3(C)CCC21. The predicted molar refractivity (Wildman–Crippen MR) is 99.2 cm³/mol. The number of fused-ring (bicyclic) bond motifs is 3. The highest BCUT2D eigenvalue weighted by Gasteiger charge is 2.55. The van der Waals surface area contributed by atoms with Crippen LogP contribution >= 0.6 is 12.2 Å². The monoisotopic (exact) mass is 319 g/mol. The Morgan fingerprint density at radius 1 is 1.23 bits per heavy atom. The molecule has 6 atom stereocenters. The molecule has 0 radical (unpaired) electrons. The van der Waals surface area contributed by atoms with Gasteiger partial charge in [0.05, 0.1) is 0 Å². The largest absolute Gasteiger partial charge is 0.320 e. The number of nitrogens with one attached hydrogen (secondary N) is 1. The molecule has 1 nitrogen and oxygen atoms in total. The van der Waals surface area contributed by atoms with Crippen molar-refractivity contribution < 1.29 is 0 Å². The van der Waals surface area contributed by atoms with Crippen molar-refractivity contribution in [3.05, 3.63) is 12.2 Å². The minimum absolute atomic E-state index is 0.477. The van der Waals surface area contributed by atoms with Crippen molar-refractivity contribution in [1.29, 1.82) is 0 Å². The maximum absolute atomic E-state index is 5.24. The van der Waals surface area contributed by atoms with Crippen LogP contribution in [-0.2, 0) is 0 Å². The van der Waals surface area contributed by atoms with Crippen LogP contribution in [0.4, 0.5) is 0 Å². The number of rotatable bonds is 5. The average Bonchev–Trinajstić information content (AvgIpc) is 2.90. The molecule has 0 saturated heterocycles. The summed E-state index contributed by atoms with van der Waals surface area (Å²) in [7, 11) is 2.09. The number of hydrogen-bond donors (Lipinski definition) is 1. The first-order valence-corrected chi connectivity index (χ1v) is 9.78. The van der Waals surface area contributed by atoms with Crippen molar-refractivity contribution >= 4 is 17.6 Å². The van der Waals surface area contributed by atoms with Gasteiger partial charge in [-0.1, -0.05) is 38.2 Å². The number of hydrogen-bond acceptors (Lipinski definition) is 2. The van der Waals surface area contributed by atoms with Gasteiger partial charge in [-0.05, 0) is 98.4 Å². The molecule has 3 aliphatic rings. The zero-order valence-corrected chi connectivity index (χ0v) is 15.4. The maximum atomic E-state index is 5.24. The van der Waals surface area contributed by atoms with E-state index in [-0.39, 0.29) is 0 Å². The van der Waals surface area contributed by atoms with E-state index in [1.54, 1.807) is 0 Å². The van der Waals surface area contributed by atoms with Crippen LogP contribution in [0.15, 0.2) is 12.2 Å². The second kappa shape index (κ2) is 6.36. The first-order valence-electron chi connectivity index (χ1n) is 9.31. The fourth-order valence-corrected chi connectivity index (χ4v) is 6.54. The molecule has 3 aliphatic carbocycles. The Morgan fingerprint density at radius 3 is 2.77 bits per heavy atom. The minimum atomic E-state index is 0.477. The Hall–Kier alpha value is -0.210. The van der Waals surface area contributed by atoms with Crippen molar-refractivity contribution in [1.82, 2.24) is 5.32 Å². The summed E-state index contributed by atoms with van der Waals surface area (Å²) in [5.74, 6) is 3.57. The lowest BCUT2D eigenvalue weighted by Crippen LogP contribution is -2.51. The predicted octanol–water partition coefficient (Wildman–Crippen LogP) is 5.01. The highest BCUT2D eigenvalue weighted by Crippen LogP contribution is 2.63. The number of thiocarbonyl (C=S) groups is 1. The lowest BCUT2D eigenvalue weighted by Gasteiger charge is -2.58. The van der Waals surface area contributed by atoms with E-state index in [4.69, 9.17) is 12.2 Å². The quantitative estimate of drug-likeness (QED) is 0.564. The van der Waals surface area contributed by atoms with Gasteiger partial charge in [-0.25, -0.2) is 0 Å². The Bertz CT molecular complexity index is 445. The average molecular weight is 320 g/mol. The van der Waals surface area contributed by atoms with E-state index in [1.807, 2.05) is 5.37 Å². The second-order valence-corrected chi connectivity index (χ2v) is 8.93. The van der Waals surface area contributed by atoms with Crippen molar-refractivity contribution in [2.24, 2.45) is 34.5 Å². The lowest BCUT2D eigenvalue weighted by atomic mass is 9.47. The van der Waals surface area contributed by atoms with Crippen molar-refractivity contribution in [3.8, 4) is 0 Å². The molecule has 0 aliphatic heterocycles. The summed E-state index contributed by atoms with van der Waals surface area (Å²) < 4.78 is 0. The highest BCUT2D eigenvalue weighted by molar-refractivity contribution is 7.78. The van der Waals surface area contributed by atoms with Crippen LogP contribution in [0.1, 0.15) is 58.8 Å². The van der Waals surface area contributed by atoms with Crippen LogP contribution in [0, 0.1) is 34.5 Å². The van der Waals surface area contributed by atoms with Gasteiger partial charge in [0.1, 0.15) is 0 Å². The molecule has 3 rings (SSSR count). The van der Waals surface area contributed by atoms with Gasteiger partial charge in [-0.2, -0.15) is 0 Å². The molecular weight excluding hydrogens is 286 g/mol. The topological polar surface area (TPSA) is 12.0 Å². The zero-order valence-electron chi connectivity index (χ0n) is 14.6. The van der Waals surface area contributed by atoms with E-state index in [0.29, 0.717) is 10.8 Å². The summed E-state index contributed by atoms with van der Waals surface area (Å²) in [6, 6.07) is 0. The molecule has 0 heterocycles. The molecule has 0 aromatic rings. The lowest BCUT2D eigenvalue weighted by molar-refractivity contribution is -0.0810.